The molecule has 2 N–H and O–H groups in total. The summed E-state index contributed by atoms with van der Waals surface area (Å²) in [6.07, 6.45) is 5.79. The molecule has 0 unspecified atom stereocenters. The van der Waals surface area contributed by atoms with E-state index in [9.17, 15) is 19.2 Å². The average Bonchev–Trinajstić information content (AvgIpc) is 3.88. The van der Waals surface area contributed by atoms with Crippen LogP contribution in [0.25, 0.3) is 33.4 Å². The smallest absolute Gasteiger partial charge is 0.324 e. The number of urea groups is 1. The predicted molar refractivity (Wildman–Crippen MR) is 236 cm³/mol. The molecule has 4 atom stereocenters. The first-order chi connectivity index (χ1) is 29.8. The van der Waals surface area contributed by atoms with Crippen molar-refractivity contribution in [2.75, 3.05) is 47.5 Å². The molecule has 0 spiro atoms. The van der Waals surface area contributed by atoms with Gasteiger partial charge in [0.25, 0.3) is 5.91 Å². The van der Waals surface area contributed by atoms with Crippen molar-refractivity contribution in [3.8, 4) is 22.5 Å². The molecule has 15 nitrogen and oxygen atoms in total. The van der Waals surface area contributed by atoms with Gasteiger partial charge in [-0.05, 0) is 75.3 Å². The number of thiazole rings is 1. The second kappa shape index (κ2) is 18.1. The van der Waals surface area contributed by atoms with Gasteiger partial charge in [-0.1, -0.05) is 32.8 Å². The van der Waals surface area contributed by atoms with Crippen LogP contribution < -0.4 is 10.7 Å². The molecular weight excluding hydrogens is 809 g/mol. The summed E-state index contributed by atoms with van der Waals surface area (Å²) in [5, 5.41) is 8.25. The van der Waals surface area contributed by atoms with Crippen LogP contribution in [0.4, 0.5) is 4.79 Å². The maximum absolute atomic E-state index is 14.6. The number of hydrazine groups is 1. The van der Waals surface area contributed by atoms with Crippen molar-refractivity contribution in [1.29, 1.82) is 0 Å². The van der Waals surface area contributed by atoms with Crippen LogP contribution in [-0.4, -0.2) is 125 Å². The van der Waals surface area contributed by atoms with Gasteiger partial charge in [0.15, 0.2) is 0 Å². The molecule has 2 saturated heterocycles. The molecule has 3 aromatic heterocycles. The minimum Gasteiger partial charge on any atom is -0.464 e. The maximum Gasteiger partial charge on any atom is 0.324 e. The summed E-state index contributed by atoms with van der Waals surface area (Å²) in [7, 11) is 4.98. The van der Waals surface area contributed by atoms with Gasteiger partial charge in [-0.15, -0.1) is 11.3 Å². The fraction of sp³-hybridized carbons (Fsp3) is 0.565. The number of nitrogens with one attached hydrogen (secondary N) is 2. The van der Waals surface area contributed by atoms with E-state index in [4.69, 9.17) is 24.2 Å². The molecule has 6 heterocycles. The Morgan fingerprint density at radius 2 is 1.94 bits per heavy atom. The van der Waals surface area contributed by atoms with Crippen molar-refractivity contribution in [3.05, 3.63) is 58.2 Å². The Hall–Kier alpha value is -4.90. The number of carbonyl (C=O) groups excluding carboxylic acids is 4. The lowest BCUT2D eigenvalue weighted by Crippen LogP contribution is -2.63. The third-order valence-electron chi connectivity index (χ3n) is 12.9. The van der Waals surface area contributed by atoms with E-state index in [-0.39, 0.29) is 37.2 Å². The highest BCUT2D eigenvalue weighted by molar-refractivity contribution is 7.10. The minimum absolute atomic E-state index is 0.0235. The van der Waals surface area contributed by atoms with Gasteiger partial charge >= 0.3 is 12.0 Å². The number of amides is 4. The Kier molecular flexibility index (Phi) is 12.7. The average molecular weight is 869 g/mol. The summed E-state index contributed by atoms with van der Waals surface area (Å²) in [4.78, 5) is 69.4. The van der Waals surface area contributed by atoms with Gasteiger partial charge in [-0.2, -0.15) is 0 Å². The third-order valence-corrected chi connectivity index (χ3v) is 13.8. The molecule has 6 bridgehead atoms. The van der Waals surface area contributed by atoms with E-state index in [2.05, 4.69) is 60.3 Å². The second-order valence-electron chi connectivity index (χ2n) is 18.1. The first-order valence-electron chi connectivity index (χ1n) is 22.0. The fourth-order valence-electron chi connectivity index (χ4n) is 9.04. The summed E-state index contributed by atoms with van der Waals surface area (Å²) >= 11 is 1.44. The minimum atomic E-state index is -1.02. The fourth-order valence-corrected chi connectivity index (χ4v) is 9.89. The number of cyclic esters (lactones) is 1. The van der Waals surface area contributed by atoms with Crippen molar-refractivity contribution < 1.29 is 33.4 Å². The topological polar surface area (TPSA) is 160 Å². The molecule has 0 radical (unpaired) electrons. The van der Waals surface area contributed by atoms with Gasteiger partial charge in [0.05, 0.1) is 54.0 Å². The van der Waals surface area contributed by atoms with E-state index in [0.29, 0.717) is 62.8 Å². The molecular formula is C46H60N8O7S. The van der Waals surface area contributed by atoms with E-state index < -0.39 is 35.4 Å². The summed E-state index contributed by atoms with van der Waals surface area (Å²) in [6.45, 7) is 10.5. The molecule has 16 heteroatoms. The maximum atomic E-state index is 14.6. The third kappa shape index (κ3) is 8.97. The Balaban J connectivity index is 1.17. The zero-order valence-electron chi connectivity index (χ0n) is 36.9. The lowest BCUT2D eigenvalue weighted by molar-refractivity contribution is -0.155. The Bertz CT molecular complexity index is 2320. The van der Waals surface area contributed by atoms with E-state index in [1.54, 1.807) is 32.4 Å². The molecule has 1 saturated carbocycles. The number of ether oxygens (including phenoxy) is 3. The number of hydrogen-bond donors (Lipinski definition) is 2. The van der Waals surface area contributed by atoms with E-state index in [1.807, 2.05) is 18.4 Å². The van der Waals surface area contributed by atoms with Gasteiger partial charge in [0.1, 0.15) is 18.1 Å². The van der Waals surface area contributed by atoms with Crippen molar-refractivity contribution in [2.45, 2.75) is 110 Å². The van der Waals surface area contributed by atoms with Gasteiger partial charge in [-0.25, -0.2) is 15.2 Å². The normalized spacial score (nSPS) is 21.8. The lowest BCUT2D eigenvalue weighted by Gasteiger charge is -2.42. The number of aryl methyl sites for hydroxylation is 1. The van der Waals surface area contributed by atoms with Gasteiger partial charge in [0.2, 0.25) is 5.91 Å². The quantitative estimate of drug-likeness (QED) is 0.188. The number of hydrogen-bond acceptors (Lipinski definition) is 11. The Morgan fingerprint density at radius 3 is 2.66 bits per heavy atom. The highest BCUT2D eigenvalue weighted by Crippen LogP contribution is 2.42. The van der Waals surface area contributed by atoms with Crippen LogP contribution >= 0.6 is 11.3 Å². The number of rotatable bonds is 10. The molecule has 4 amide bonds. The van der Waals surface area contributed by atoms with Crippen molar-refractivity contribution in [2.24, 2.45) is 11.3 Å². The molecule has 4 aliphatic rings. The van der Waals surface area contributed by atoms with Gasteiger partial charge in [0, 0.05) is 79.8 Å². The molecule has 62 heavy (non-hydrogen) atoms. The number of nitrogens with zero attached hydrogens (tertiary/aromatic N) is 6. The number of methoxy groups -OCH3 is 2. The standard InChI is InChI=1S/C46H60N8O7S/c1-8-53-37-16-15-29-20-32(37)33(41(53)31-11-9-17-47-40(31)27(2)59-6)22-46(3,4)26-61-44(57)34-12-10-18-54(50-34)43(56)35(21-39-48-36(29)25-62-39)49-42(55)38(19-28-13-14-28)51(5)45(58)52-23-30(24-52)60-7/h9,11,15-17,20,25,27-28,30,34-35,38,50H,8,10,12-14,18-19,21-24,26H2,1-7H3,(H,49,55)/t27-,34-,35-,38-/m0/s1. The largest absolute Gasteiger partial charge is 0.464 e. The molecule has 332 valence electrons. The number of esters is 1. The van der Waals surface area contributed by atoms with Crippen LogP contribution in [0.2, 0.25) is 0 Å². The molecule has 1 aromatic carbocycles. The zero-order chi connectivity index (χ0) is 43.9. The van der Waals surface area contributed by atoms with Gasteiger partial charge < -0.3 is 33.9 Å². The Labute approximate surface area is 367 Å². The number of aromatic nitrogens is 3. The van der Waals surface area contributed by atoms with E-state index in [0.717, 1.165) is 57.5 Å². The predicted octanol–water partition coefficient (Wildman–Crippen LogP) is 5.75. The monoisotopic (exact) mass is 868 g/mol. The summed E-state index contributed by atoms with van der Waals surface area (Å²) in [5.74, 6) is -0.878. The van der Waals surface area contributed by atoms with Crippen LogP contribution in [-0.2, 0) is 48.0 Å². The summed E-state index contributed by atoms with van der Waals surface area (Å²) in [5.41, 5.74) is 9.42. The summed E-state index contributed by atoms with van der Waals surface area (Å²) in [6, 6.07) is 7.68. The van der Waals surface area contributed by atoms with E-state index in [1.165, 1.54) is 21.2 Å². The lowest BCUT2D eigenvalue weighted by atomic mass is 9.84. The van der Waals surface area contributed by atoms with Gasteiger partial charge in [-0.3, -0.25) is 24.4 Å². The first-order valence-corrected chi connectivity index (χ1v) is 22.8. The summed E-state index contributed by atoms with van der Waals surface area (Å²) < 4.78 is 19.6. The van der Waals surface area contributed by atoms with Crippen LogP contribution in [0.5, 0.6) is 0 Å². The highest BCUT2D eigenvalue weighted by Gasteiger charge is 2.41. The number of fused-ring (bicyclic) bond motifs is 6. The van der Waals surface area contributed by atoms with Crippen LogP contribution in [0.3, 0.4) is 0 Å². The molecule has 3 fully saturated rings. The van der Waals surface area contributed by atoms with Crippen LogP contribution in [0.15, 0.2) is 41.9 Å². The number of benzene rings is 1. The van der Waals surface area contributed by atoms with Crippen molar-refractivity contribution in [1.82, 2.24) is 40.1 Å². The van der Waals surface area contributed by atoms with Crippen molar-refractivity contribution in [3.63, 3.8) is 0 Å². The number of pyridine rings is 1. The highest BCUT2D eigenvalue weighted by atomic mass is 32.1. The zero-order valence-corrected chi connectivity index (χ0v) is 37.8. The van der Waals surface area contributed by atoms with Crippen LogP contribution in [0.1, 0.15) is 82.2 Å². The van der Waals surface area contributed by atoms with Crippen LogP contribution in [0, 0.1) is 11.3 Å². The number of carbonyl (C=O) groups is 4. The number of likely N-dealkylation sites (N-methyl/N-ethyl adjacent to an activating group) is 1. The Morgan fingerprint density at radius 1 is 1.15 bits per heavy atom. The van der Waals surface area contributed by atoms with E-state index >= 15 is 0 Å². The molecule has 1 aliphatic carbocycles. The molecule has 3 aliphatic heterocycles. The number of likely N-dealkylation sites (tertiary alicyclic amines) is 1. The second-order valence-corrected chi connectivity index (χ2v) is 19.1. The molecule has 4 aromatic rings. The SMILES string of the molecule is CCn1c(-c2cccnc2[C@H](C)OC)c2c3cc(ccc31)-c1csc(n1)C[C@H](NC(=O)[C@H](CC1CC1)N(C)C(=O)N1CC(OC)C1)C(=O)N1CCC[C@H](N1)C(=O)OCC(C)(C)C2. The first kappa shape index (κ1) is 43.7. The van der Waals surface area contributed by atoms with Crippen molar-refractivity contribution >= 4 is 46.1 Å². The molecule has 8 rings (SSSR count).